The second-order valence-corrected chi connectivity index (χ2v) is 8.03. The number of hydrogen-bond acceptors (Lipinski definition) is 5. The number of ketones is 1. The molecule has 172 valence electrons. The van der Waals surface area contributed by atoms with Crippen LogP contribution in [-0.4, -0.2) is 45.3 Å². The number of Topliss-reactive ketones (excluding diaryl/α,β-unsaturated/α-hetero) is 1. The molecule has 0 saturated heterocycles. The number of hydrogen-bond donors (Lipinski definition) is 0. The fraction of sp³-hybridized carbons (Fsp3) is 0.308. The number of carbonyl (C=O) groups excluding carboxylic acids is 3. The molecule has 1 amide bonds. The maximum absolute atomic E-state index is 13.4. The van der Waals surface area contributed by atoms with Gasteiger partial charge in [-0.1, -0.05) is 23.8 Å². The number of ether oxygens (including phenoxy) is 1. The molecule has 0 aliphatic rings. The van der Waals surface area contributed by atoms with Gasteiger partial charge in [-0.15, -0.1) is 0 Å². The third-order valence-corrected chi connectivity index (χ3v) is 5.69. The van der Waals surface area contributed by atoms with Gasteiger partial charge >= 0.3 is 5.97 Å². The van der Waals surface area contributed by atoms with Crippen molar-refractivity contribution in [3.63, 3.8) is 0 Å². The van der Waals surface area contributed by atoms with E-state index in [1.807, 2.05) is 25.1 Å². The molecule has 3 aromatic rings. The molecule has 0 atom stereocenters. The average Bonchev–Trinajstić information content (AvgIpc) is 3.02. The van der Waals surface area contributed by atoms with Gasteiger partial charge in [-0.25, -0.2) is 4.79 Å². The molecule has 3 rings (SSSR count). The lowest BCUT2D eigenvalue weighted by atomic mass is 10.0. The molecule has 0 aliphatic heterocycles. The Morgan fingerprint density at radius 1 is 1.06 bits per heavy atom. The molecule has 7 nitrogen and oxygen atoms in total. The molecule has 0 unspecified atom stereocenters. The molecule has 7 heteroatoms. The summed E-state index contributed by atoms with van der Waals surface area (Å²) in [6.45, 7) is 7.57. The van der Waals surface area contributed by atoms with Crippen molar-refractivity contribution in [1.29, 1.82) is 0 Å². The maximum Gasteiger partial charge on any atom is 0.355 e. The topological polar surface area (TPSA) is 81.5 Å². The lowest BCUT2D eigenvalue weighted by Gasteiger charge is -2.22. The number of aryl methyl sites for hydroxylation is 1. The van der Waals surface area contributed by atoms with Crippen molar-refractivity contribution in [2.45, 2.75) is 34.2 Å². The van der Waals surface area contributed by atoms with Gasteiger partial charge in [0.1, 0.15) is 5.69 Å². The minimum Gasteiger partial charge on any atom is -0.461 e. The number of amides is 1. The van der Waals surface area contributed by atoms with Crippen molar-refractivity contribution in [3.05, 3.63) is 88.0 Å². The van der Waals surface area contributed by atoms with Crippen LogP contribution >= 0.6 is 0 Å². The molecule has 0 saturated carbocycles. The standard InChI is InChI=1S/C26H29N3O4/c1-6-33-26(32)24-18(3)23(19(4)28(24)5)22(30)16-29(15-20-8-7-13-27-14-20)25(31)21-11-9-17(2)10-12-21/h7-14H,6,15-16H2,1-5H3. The Morgan fingerprint density at radius 3 is 2.36 bits per heavy atom. The predicted octanol–water partition coefficient (Wildman–Crippen LogP) is 4.05. The molecular formula is C26H29N3O4. The van der Waals surface area contributed by atoms with Crippen LogP contribution in [-0.2, 0) is 18.3 Å². The van der Waals surface area contributed by atoms with Crippen LogP contribution in [0.1, 0.15) is 60.5 Å². The van der Waals surface area contributed by atoms with Crippen LogP contribution in [0, 0.1) is 20.8 Å². The van der Waals surface area contributed by atoms with Crippen molar-refractivity contribution >= 4 is 17.7 Å². The van der Waals surface area contributed by atoms with Gasteiger partial charge in [-0.05, 0) is 57.0 Å². The molecule has 0 fully saturated rings. The minimum atomic E-state index is -0.470. The van der Waals surface area contributed by atoms with E-state index in [0.717, 1.165) is 11.1 Å². The summed E-state index contributed by atoms with van der Waals surface area (Å²) in [7, 11) is 1.73. The Hall–Kier alpha value is -3.74. The summed E-state index contributed by atoms with van der Waals surface area (Å²) in [5.41, 5.74) is 4.37. The fourth-order valence-corrected chi connectivity index (χ4v) is 3.92. The van der Waals surface area contributed by atoms with Crippen LogP contribution < -0.4 is 0 Å². The number of rotatable bonds is 8. The first-order valence-electron chi connectivity index (χ1n) is 10.9. The highest BCUT2D eigenvalue weighted by Crippen LogP contribution is 2.23. The highest BCUT2D eigenvalue weighted by molar-refractivity contribution is 6.06. The molecule has 1 aromatic carbocycles. The highest BCUT2D eigenvalue weighted by atomic mass is 16.5. The lowest BCUT2D eigenvalue weighted by Crippen LogP contribution is -2.35. The number of esters is 1. The van der Waals surface area contributed by atoms with Crippen LogP contribution in [0.15, 0.2) is 48.8 Å². The largest absolute Gasteiger partial charge is 0.461 e. The number of carbonyl (C=O) groups is 3. The summed E-state index contributed by atoms with van der Waals surface area (Å²) < 4.78 is 6.84. The first-order chi connectivity index (χ1) is 15.7. The highest BCUT2D eigenvalue weighted by Gasteiger charge is 2.28. The van der Waals surface area contributed by atoms with Gasteiger partial charge in [0.25, 0.3) is 5.91 Å². The summed E-state index contributed by atoms with van der Waals surface area (Å²) in [4.78, 5) is 44.9. The Balaban J connectivity index is 1.95. The van der Waals surface area contributed by atoms with Gasteiger partial charge in [0, 0.05) is 42.8 Å². The van der Waals surface area contributed by atoms with Crippen LogP contribution in [0.2, 0.25) is 0 Å². The van der Waals surface area contributed by atoms with Crippen LogP contribution in [0.4, 0.5) is 0 Å². The second-order valence-electron chi connectivity index (χ2n) is 8.03. The SMILES string of the molecule is CCOC(=O)c1c(C)c(C(=O)CN(Cc2cccnc2)C(=O)c2ccc(C)cc2)c(C)n1C. The van der Waals surface area contributed by atoms with Crippen molar-refractivity contribution in [1.82, 2.24) is 14.5 Å². The zero-order valence-corrected chi connectivity index (χ0v) is 19.7. The van der Waals surface area contributed by atoms with Gasteiger partial charge in [-0.2, -0.15) is 0 Å². The molecular weight excluding hydrogens is 418 g/mol. The van der Waals surface area contributed by atoms with Gasteiger partial charge in [0.2, 0.25) is 0 Å². The van der Waals surface area contributed by atoms with E-state index < -0.39 is 5.97 Å². The molecule has 0 spiro atoms. The Bertz CT molecular complexity index is 1160. The predicted molar refractivity (Wildman–Crippen MR) is 125 cm³/mol. The van der Waals surface area contributed by atoms with E-state index in [1.54, 1.807) is 63.0 Å². The molecule has 0 radical (unpaired) electrons. The van der Waals surface area contributed by atoms with E-state index in [1.165, 1.54) is 4.90 Å². The van der Waals surface area contributed by atoms with E-state index in [0.29, 0.717) is 28.1 Å². The fourth-order valence-electron chi connectivity index (χ4n) is 3.92. The van der Waals surface area contributed by atoms with E-state index >= 15 is 0 Å². The van der Waals surface area contributed by atoms with E-state index in [2.05, 4.69) is 4.98 Å². The van der Waals surface area contributed by atoms with Crippen molar-refractivity contribution in [2.75, 3.05) is 13.2 Å². The third-order valence-electron chi connectivity index (χ3n) is 5.69. The summed E-state index contributed by atoms with van der Waals surface area (Å²) >= 11 is 0. The smallest absolute Gasteiger partial charge is 0.355 e. The Morgan fingerprint density at radius 2 is 1.76 bits per heavy atom. The number of nitrogens with zero attached hydrogens (tertiary/aromatic N) is 3. The zero-order valence-electron chi connectivity index (χ0n) is 19.7. The summed E-state index contributed by atoms with van der Waals surface area (Å²) in [5.74, 6) is -0.952. The molecule has 0 N–H and O–H groups in total. The van der Waals surface area contributed by atoms with E-state index in [-0.39, 0.29) is 31.4 Å². The van der Waals surface area contributed by atoms with Gasteiger partial charge in [-0.3, -0.25) is 14.6 Å². The quantitative estimate of drug-likeness (QED) is 0.384. The first kappa shape index (κ1) is 23.9. The minimum absolute atomic E-state index is 0.129. The number of aromatic nitrogens is 2. The monoisotopic (exact) mass is 447 g/mol. The van der Waals surface area contributed by atoms with Gasteiger partial charge in [0.15, 0.2) is 5.78 Å². The first-order valence-corrected chi connectivity index (χ1v) is 10.9. The molecule has 2 aromatic heterocycles. The van der Waals surface area contributed by atoms with Gasteiger partial charge in [0.05, 0.1) is 13.2 Å². The van der Waals surface area contributed by atoms with Crippen LogP contribution in [0.5, 0.6) is 0 Å². The molecule has 0 bridgehead atoms. The Labute approximate surface area is 194 Å². The number of pyridine rings is 1. The van der Waals surface area contributed by atoms with Crippen molar-refractivity contribution < 1.29 is 19.1 Å². The van der Waals surface area contributed by atoms with Crippen LogP contribution in [0.3, 0.4) is 0 Å². The Kier molecular flexibility index (Phi) is 7.43. The molecule has 0 aliphatic carbocycles. The average molecular weight is 448 g/mol. The maximum atomic E-state index is 13.4. The van der Waals surface area contributed by atoms with E-state index in [9.17, 15) is 14.4 Å². The second kappa shape index (κ2) is 10.3. The van der Waals surface area contributed by atoms with E-state index in [4.69, 9.17) is 4.74 Å². The van der Waals surface area contributed by atoms with Crippen molar-refractivity contribution in [2.24, 2.45) is 7.05 Å². The molecule has 33 heavy (non-hydrogen) atoms. The normalized spacial score (nSPS) is 10.7. The summed E-state index contributed by atoms with van der Waals surface area (Å²) in [6, 6.07) is 10.9. The molecule has 2 heterocycles. The summed E-state index contributed by atoms with van der Waals surface area (Å²) in [6.07, 6.45) is 3.34. The van der Waals surface area contributed by atoms with Gasteiger partial charge < -0.3 is 14.2 Å². The zero-order chi connectivity index (χ0) is 24.1. The third kappa shape index (κ3) is 5.19. The lowest BCUT2D eigenvalue weighted by molar-refractivity contribution is 0.0514. The number of benzene rings is 1. The van der Waals surface area contributed by atoms with Crippen LogP contribution in [0.25, 0.3) is 0 Å². The summed E-state index contributed by atoms with van der Waals surface area (Å²) in [5, 5.41) is 0. The van der Waals surface area contributed by atoms with Crippen molar-refractivity contribution in [3.8, 4) is 0 Å².